The van der Waals surface area contributed by atoms with E-state index in [1.165, 1.54) is 28.6 Å². The fourth-order valence-corrected chi connectivity index (χ4v) is 6.69. The summed E-state index contributed by atoms with van der Waals surface area (Å²) in [6, 6.07) is 16.8. The van der Waals surface area contributed by atoms with Crippen LogP contribution in [0.1, 0.15) is 28.8 Å². The summed E-state index contributed by atoms with van der Waals surface area (Å²) in [6.07, 6.45) is 0.707. The first-order valence-corrected chi connectivity index (χ1v) is 15.4. The van der Waals surface area contributed by atoms with Crippen LogP contribution in [-0.4, -0.2) is 51.7 Å². The monoisotopic (exact) mass is 615 g/mol. The number of amides is 1. The van der Waals surface area contributed by atoms with E-state index in [1.807, 2.05) is 0 Å². The first-order valence-electron chi connectivity index (χ1n) is 12.1. The van der Waals surface area contributed by atoms with Crippen LogP contribution in [0.4, 0.5) is 18.9 Å². The summed E-state index contributed by atoms with van der Waals surface area (Å²) in [4.78, 5) is 11.6. The molecule has 3 aromatic rings. The summed E-state index contributed by atoms with van der Waals surface area (Å²) in [5.41, 5.74) is -4.21. The number of sulfone groups is 1. The number of piperidine rings is 1. The molecule has 0 saturated carbocycles. The predicted octanol–water partition coefficient (Wildman–Crippen LogP) is 4.83. The minimum absolute atomic E-state index is 0.0715. The molecule has 1 heterocycles. The number of carbonyl (C=O) groups is 1. The highest BCUT2D eigenvalue weighted by atomic mass is 35.5. The zero-order chi connectivity index (χ0) is 29.1. The molecule has 0 aromatic heterocycles. The van der Waals surface area contributed by atoms with Crippen molar-refractivity contribution in [3.8, 4) is 0 Å². The fourth-order valence-electron chi connectivity index (χ4n) is 4.21. The summed E-state index contributed by atoms with van der Waals surface area (Å²) in [6.45, 7) is 0.413. The lowest BCUT2D eigenvalue weighted by atomic mass is 10.1. The molecule has 40 heavy (non-hydrogen) atoms. The van der Waals surface area contributed by atoms with Gasteiger partial charge in [-0.3, -0.25) is 4.79 Å². The summed E-state index contributed by atoms with van der Waals surface area (Å²) in [7, 11) is -9.33. The molecule has 0 bridgehead atoms. The SMILES string of the molecule is O=C(NCc1cccc(S(=O)(=O)N2CCC(Nc3cccc(S(=O)(=O)C(F)(F)F)c3)CC2)c1)c1ccc(Cl)cc1. The van der Waals surface area contributed by atoms with Crippen molar-refractivity contribution in [1.82, 2.24) is 9.62 Å². The molecular formula is C26H25ClF3N3O5S2. The van der Waals surface area contributed by atoms with Gasteiger partial charge in [-0.25, -0.2) is 16.8 Å². The van der Waals surface area contributed by atoms with E-state index in [4.69, 9.17) is 11.6 Å². The van der Waals surface area contributed by atoms with Gasteiger partial charge in [0.15, 0.2) is 0 Å². The number of sulfonamides is 1. The van der Waals surface area contributed by atoms with Crippen LogP contribution in [0, 0.1) is 0 Å². The Morgan fingerprint density at radius 1 is 0.900 bits per heavy atom. The van der Waals surface area contributed by atoms with E-state index in [1.54, 1.807) is 36.4 Å². The van der Waals surface area contributed by atoms with E-state index >= 15 is 0 Å². The van der Waals surface area contributed by atoms with E-state index < -0.39 is 30.3 Å². The van der Waals surface area contributed by atoms with Gasteiger partial charge in [-0.05, 0) is 73.0 Å². The minimum atomic E-state index is -5.48. The number of carbonyl (C=O) groups excluding carboxylic acids is 1. The number of benzene rings is 3. The number of nitrogens with one attached hydrogen (secondary N) is 2. The third-order valence-corrected chi connectivity index (χ3v) is 10.0. The second-order valence-electron chi connectivity index (χ2n) is 9.14. The van der Waals surface area contributed by atoms with Crippen molar-refractivity contribution in [3.63, 3.8) is 0 Å². The van der Waals surface area contributed by atoms with Gasteiger partial charge in [0.05, 0.1) is 9.79 Å². The van der Waals surface area contributed by atoms with Crippen LogP contribution in [0.2, 0.25) is 5.02 Å². The molecule has 0 spiro atoms. The Hall–Kier alpha value is -3.13. The van der Waals surface area contributed by atoms with Crippen molar-refractivity contribution < 1.29 is 34.8 Å². The molecule has 214 valence electrons. The maximum Gasteiger partial charge on any atom is 0.501 e. The molecule has 2 N–H and O–H groups in total. The van der Waals surface area contributed by atoms with Gasteiger partial charge in [-0.15, -0.1) is 0 Å². The molecule has 0 unspecified atom stereocenters. The van der Waals surface area contributed by atoms with Gasteiger partial charge < -0.3 is 10.6 Å². The maximum absolute atomic E-state index is 13.3. The van der Waals surface area contributed by atoms with Crippen molar-refractivity contribution in [2.45, 2.75) is 40.7 Å². The molecule has 3 aromatic carbocycles. The molecule has 1 aliphatic rings. The summed E-state index contributed by atoms with van der Waals surface area (Å²) >= 11 is 5.84. The van der Waals surface area contributed by atoms with Crippen molar-refractivity contribution in [2.75, 3.05) is 18.4 Å². The lowest BCUT2D eigenvalue weighted by Crippen LogP contribution is -2.42. The highest BCUT2D eigenvalue weighted by Gasteiger charge is 2.47. The van der Waals surface area contributed by atoms with Crippen LogP contribution in [-0.2, 0) is 26.4 Å². The molecular weight excluding hydrogens is 591 g/mol. The molecule has 1 aliphatic heterocycles. The Morgan fingerprint density at radius 2 is 1.52 bits per heavy atom. The third-order valence-electron chi connectivity index (χ3n) is 6.37. The molecule has 1 amide bonds. The topological polar surface area (TPSA) is 113 Å². The number of nitrogens with zero attached hydrogens (tertiary/aromatic N) is 1. The Labute approximate surface area is 235 Å². The second kappa shape index (κ2) is 11.8. The van der Waals surface area contributed by atoms with E-state index in [9.17, 15) is 34.8 Å². The number of rotatable bonds is 8. The van der Waals surface area contributed by atoms with Crippen LogP contribution >= 0.6 is 11.6 Å². The highest BCUT2D eigenvalue weighted by Crippen LogP contribution is 2.32. The minimum Gasteiger partial charge on any atom is -0.382 e. The molecule has 1 fully saturated rings. The Morgan fingerprint density at radius 3 is 2.17 bits per heavy atom. The lowest BCUT2D eigenvalue weighted by molar-refractivity contribution is -0.0436. The first-order chi connectivity index (χ1) is 18.8. The molecule has 1 saturated heterocycles. The van der Waals surface area contributed by atoms with E-state index in [0.717, 1.165) is 12.1 Å². The molecule has 8 nitrogen and oxygen atoms in total. The van der Waals surface area contributed by atoms with Crippen LogP contribution in [0.5, 0.6) is 0 Å². The summed E-state index contributed by atoms with van der Waals surface area (Å²) in [5, 5.41) is 6.25. The number of anilines is 1. The quantitative estimate of drug-likeness (QED) is 0.375. The van der Waals surface area contributed by atoms with Crippen molar-refractivity contribution in [1.29, 1.82) is 0 Å². The first kappa shape index (κ1) is 29.8. The zero-order valence-electron chi connectivity index (χ0n) is 20.9. The molecule has 14 heteroatoms. The fraction of sp³-hybridized carbons (Fsp3) is 0.269. The average molecular weight is 616 g/mol. The van der Waals surface area contributed by atoms with Crippen LogP contribution < -0.4 is 10.6 Å². The summed E-state index contributed by atoms with van der Waals surface area (Å²) < 4.78 is 90.0. The number of alkyl halides is 3. The largest absolute Gasteiger partial charge is 0.501 e. The molecule has 0 radical (unpaired) electrons. The number of halogens is 4. The summed E-state index contributed by atoms with van der Waals surface area (Å²) in [5.74, 6) is -0.332. The van der Waals surface area contributed by atoms with Crippen molar-refractivity contribution in [3.05, 3.63) is 88.9 Å². The number of hydrogen-bond donors (Lipinski definition) is 2. The standard InChI is InChI=1S/C26H25ClF3N3O5S2/c27-20-9-7-19(8-10-20)25(34)31-17-18-3-1-6-24(15-18)40(37,38)33-13-11-21(12-14-33)32-22-4-2-5-23(16-22)39(35,36)26(28,29)30/h1-10,15-16,21,32H,11-14,17H2,(H,31,34). The molecule has 0 atom stereocenters. The van der Waals surface area contributed by atoms with Gasteiger partial charge >= 0.3 is 5.51 Å². The van der Waals surface area contributed by atoms with Crippen LogP contribution in [0.15, 0.2) is 82.6 Å². The zero-order valence-corrected chi connectivity index (χ0v) is 23.2. The highest BCUT2D eigenvalue weighted by molar-refractivity contribution is 7.92. The van der Waals surface area contributed by atoms with E-state index in [2.05, 4.69) is 10.6 Å². The Kier molecular flexibility index (Phi) is 8.78. The molecule has 4 rings (SSSR count). The lowest BCUT2D eigenvalue weighted by Gasteiger charge is -2.32. The second-order valence-corrected chi connectivity index (χ2v) is 13.5. The van der Waals surface area contributed by atoms with E-state index in [-0.39, 0.29) is 42.2 Å². The van der Waals surface area contributed by atoms with Crippen LogP contribution in [0.25, 0.3) is 0 Å². The predicted molar refractivity (Wildman–Crippen MR) is 144 cm³/mol. The van der Waals surface area contributed by atoms with Crippen LogP contribution in [0.3, 0.4) is 0 Å². The van der Waals surface area contributed by atoms with Gasteiger partial charge in [-0.2, -0.15) is 17.5 Å². The number of hydrogen-bond acceptors (Lipinski definition) is 6. The van der Waals surface area contributed by atoms with Gasteiger partial charge in [0.1, 0.15) is 0 Å². The molecule has 0 aliphatic carbocycles. The maximum atomic E-state index is 13.3. The van der Waals surface area contributed by atoms with Gasteiger partial charge in [-0.1, -0.05) is 29.8 Å². The van der Waals surface area contributed by atoms with E-state index in [0.29, 0.717) is 29.0 Å². The average Bonchev–Trinajstić information content (AvgIpc) is 2.92. The third kappa shape index (κ3) is 6.77. The van der Waals surface area contributed by atoms with Crippen molar-refractivity contribution >= 4 is 43.1 Å². The van der Waals surface area contributed by atoms with Crippen molar-refractivity contribution in [2.24, 2.45) is 0 Å². The Bertz CT molecular complexity index is 1590. The smallest absolute Gasteiger partial charge is 0.382 e. The van der Waals surface area contributed by atoms with Gasteiger partial charge in [0.2, 0.25) is 10.0 Å². The normalized spacial score (nSPS) is 15.5. The Balaban J connectivity index is 1.36. The van der Waals surface area contributed by atoms with Gasteiger partial charge in [0, 0.05) is 41.9 Å². The van der Waals surface area contributed by atoms with Gasteiger partial charge in [0.25, 0.3) is 15.7 Å².